The second-order valence-corrected chi connectivity index (χ2v) is 7.48. The highest BCUT2D eigenvalue weighted by Crippen LogP contribution is 2.34. The first-order chi connectivity index (χ1) is 10.8. The topological polar surface area (TPSA) is 78.4 Å². The number of hydrogen-bond acceptors (Lipinski definition) is 4. The van der Waals surface area contributed by atoms with Crippen molar-refractivity contribution in [2.45, 2.75) is 52.4 Å². The summed E-state index contributed by atoms with van der Waals surface area (Å²) in [5.74, 6) is 0.470. The predicted octanol–water partition coefficient (Wildman–Crippen LogP) is 2.79. The highest BCUT2D eigenvalue weighted by molar-refractivity contribution is 5.88. The molecule has 2 N–H and O–H groups in total. The summed E-state index contributed by atoms with van der Waals surface area (Å²) in [6, 6.07) is 3.54. The summed E-state index contributed by atoms with van der Waals surface area (Å²) in [7, 11) is 0. The highest BCUT2D eigenvalue weighted by Gasteiger charge is 2.34. The molecule has 6 nitrogen and oxygen atoms in total. The van der Waals surface area contributed by atoms with E-state index in [1.807, 2.05) is 6.07 Å². The number of urea groups is 1. The van der Waals surface area contributed by atoms with Crippen LogP contribution >= 0.6 is 0 Å². The number of aliphatic hydroxyl groups excluding tert-OH is 1. The van der Waals surface area contributed by atoms with Gasteiger partial charge in [0.1, 0.15) is 0 Å². The van der Waals surface area contributed by atoms with Crippen molar-refractivity contribution in [1.82, 2.24) is 15.1 Å². The Bertz CT molecular complexity index is 523. The minimum Gasteiger partial charge on any atom is -0.396 e. The molecule has 0 spiro atoms. The van der Waals surface area contributed by atoms with E-state index in [1.54, 1.807) is 11.0 Å². The maximum Gasteiger partial charge on any atom is 0.323 e. The number of likely N-dealkylation sites (tertiary alicyclic amines) is 1. The third kappa shape index (κ3) is 4.19. The maximum atomic E-state index is 12.3. The Labute approximate surface area is 138 Å². The van der Waals surface area contributed by atoms with E-state index >= 15 is 0 Å². The number of hydrogen-bond donors (Lipinski definition) is 2. The van der Waals surface area contributed by atoms with E-state index in [1.165, 1.54) is 0 Å². The molecule has 1 aromatic heterocycles. The maximum absolute atomic E-state index is 12.3. The number of nitrogens with zero attached hydrogens (tertiary/aromatic N) is 3. The van der Waals surface area contributed by atoms with Gasteiger partial charge in [0.2, 0.25) is 0 Å². The molecule has 1 saturated heterocycles. The predicted molar refractivity (Wildman–Crippen MR) is 90.4 cm³/mol. The van der Waals surface area contributed by atoms with Crippen LogP contribution in [0.15, 0.2) is 12.1 Å². The molecular formula is C17H28N4O2. The second-order valence-electron chi connectivity index (χ2n) is 7.48. The molecule has 1 fully saturated rings. The van der Waals surface area contributed by atoms with Gasteiger partial charge >= 0.3 is 6.03 Å². The smallest absolute Gasteiger partial charge is 0.323 e. The van der Waals surface area contributed by atoms with Gasteiger partial charge in [-0.3, -0.25) is 5.32 Å². The van der Waals surface area contributed by atoms with Gasteiger partial charge in [0, 0.05) is 25.1 Å². The van der Waals surface area contributed by atoms with E-state index in [-0.39, 0.29) is 23.5 Å². The summed E-state index contributed by atoms with van der Waals surface area (Å²) in [5.41, 5.74) is 0.811. The van der Waals surface area contributed by atoms with Crippen LogP contribution in [0.4, 0.5) is 10.6 Å². The van der Waals surface area contributed by atoms with Gasteiger partial charge in [0.05, 0.1) is 5.69 Å². The molecule has 0 radical (unpaired) electrons. The number of amides is 2. The largest absolute Gasteiger partial charge is 0.396 e. The van der Waals surface area contributed by atoms with Gasteiger partial charge in [-0.1, -0.05) is 27.7 Å². The lowest BCUT2D eigenvalue weighted by Crippen LogP contribution is -2.46. The minimum atomic E-state index is -0.148. The van der Waals surface area contributed by atoms with Crippen LogP contribution in [0.2, 0.25) is 0 Å². The number of aliphatic hydroxyl groups is 1. The average molecular weight is 320 g/mol. The molecule has 23 heavy (non-hydrogen) atoms. The van der Waals surface area contributed by atoms with E-state index in [2.05, 4.69) is 43.2 Å². The average Bonchev–Trinajstić information content (AvgIpc) is 2.54. The third-order valence-corrected chi connectivity index (χ3v) is 4.86. The molecule has 2 heterocycles. The second kappa shape index (κ2) is 6.83. The third-order valence-electron chi connectivity index (χ3n) is 4.86. The van der Waals surface area contributed by atoms with Crippen molar-refractivity contribution in [2.75, 3.05) is 25.0 Å². The number of anilines is 1. The monoisotopic (exact) mass is 320 g/mol. The molecule has 0 aromatic carbocycles. The molecule has 1 aliphatic heterocycles. The van der Waals surface area contributed by atoms with Crippen LogP contribution in [0.3, 0.4) is 0 Å². The van der Waals surface area contributed by atoms with Gasteiger partial charge < -0.3 is 10.0 Å². The number of piperidine rings is 1. The highest BCUT2D eigenvalue weighted by atomic mass is 16.3. The normalized spacial score (nSPS) is 17.9. The molecule has 6 heteroatoms. The molecule has 2 amide bonds. The lowest BCUT2D eigenvalue weighted by molar-refractivity contribution is 0.0542. The number of carbonyl (C=O) groups excluding carboxylic acids is 1. The lowest BCUT2D eigenvalue weighted by Gasteiger charge is -2.40. The fraction of sp³-hybridized carbons (Fsp3) is 0.706. The number of nitrogens with one attached hydrogen (secondary N) is 1. The van der Waals surface area contributed by atoms with E-state index in [9.17, 15) is 9.90 Å². The summed E-state index contributed by atoms with van der Waals surface area (Å²) in [6.45, 7) is 9.83. The fourth-order valence-electron chi connectivity index (χ4n) is 2.80. The molecule has 1 aliphatic rings. The molecule has 0 unspecified atom stereocenters. The van der Waals surface area contributed by atoms with Crippen LogP contribution in [0.5, 0.6) is 0 Å². The molecule has 1 aromatic rings. The lowest BCUT2D eigenvalue weighted by atomic mass is 9.77. The number of rotatable bonds is 3. The molecular weight excluding hydrogens is 292 g/mol. The van der Waals surface area contributed by atoms with Crippen LogP contribution in [0.25, 0.3) is 0 Å². The van der Waals surface area contributed by atoms with E-state index in [4.69, 9.17) is 0 Å². The molecule has 128 valence electrons. The summed E-state index contributed by atoms with van der Waals surface area (Å²) < 4.78 is 0. The van der Waals surface area contributed by atoms with Crippen molar-refractivity contribution in [2.24, 2.45) is 5.41 Å². The van der Waals surface area contributed by atoms with Gasteiger partial charge in [-0.25, -0.2) is 4.79 Å². The standard InChI is InChI=1S/C17H28N4O2/c1-5-17(12-22)8-10-21(11-9-17)15(23)18-14-7-6-13(19-20-14)16(2,3)4/h6-7,22H,5,8-12H2,1-4H3,(H,18,20,23). The van der Waals surface area contributed by atoms with Gasteiger partial charge in [0.25, 0.3) is 0 Å². The molecule has 0 bridgehead atoms. The molecule has 0 aliphatic carbocycles. The first kappa shape index (κ1) is 17.7. The first-order valence-corrected chi connectivity index (χ1v) is 8.31. The summed E-state index contributed by atoms with van der Waals surface area (Å²) >= 11 is 0. The van der Waals surface area contributed by atoms with Gasteiger partial charge in [-0.2, -0.15) is 5.10 Å². The van der Waals surface area contributed by atoms with Gasteiger partial charge in [-0.15, -0.1) is 5.10 Å². The van der Waals surface area contributed by atoms with E-state index in [0.29, 0.717) is 18.9 Å². The Balaban J connectivity index is 1.93. The zero-order valence-electron chi connectivity index (χ0n) is 14.6. The number of carbonyl (C=O) groups is 1. The molecule has 0 saturated carbocycles. The van der Waals surface area contributed by atoms with Crippen molar-refractivity contribution in [3.63, 3.8) is 0 Å². The van der Waals surface area contributed by atoms with Crippen LogP contribution < -0.4 is 5.32 Å². The van der Waals surface area contributed by atoms with Crippen molar-refractivity contribution >= 4 is 11.8 Å². The Hall–Kier alpha value is -1.69. The van der Waals surface area contributed by atoms with Gasteiger partial charge in [0.15, 0.2) is 5.82 Å². The van der Waals surface area contributed by atoms with Crippen molar-refractivity contribution in [3.05, 3.63) is 17.8 Å². The van der Waals surface area contributed by atoms with Crippen LogP contribution in [-0.4, -0.2) is 45.9 Å². The Morgan fingerprint density at radius 2 is 1.96 bits per heavy atom. The van der Waals surface area contributed by atoms with Gasteiger partial charge in [-0.05, 0) is 36.8 Å². The summed E-state index contributed by atoms with van der Waals surface area (Å²) in [6.07, 6.45) is 2.61. The molecule has 0 atom stereocenters. The van der Waals surface area contributed by atoms with E-state index < -0.39 is 0 Å². The van der Waals surface area contributed by atoms with Crippen molar-refractivity contribution in [3.8, 4) is 0 Å². The fourth-order valence-corrected chi connectivity index (χ4v) is 2.80. The Morgan fingerprint density at radius 3 is 2.39 bits per heavy atom. The Morgan fingerprint density at radius 1 is 1.30 bits per heavy atom. The van der Waals surface area contributed by atoms with Crippen LogP contribution in [0, 0.1) is 5.41 Å². The summed E-state index contributed by atoms with van der Waals surface area (Å²) in [5, 5.41) is 20.6. The van der Waals surface area contributed by atoms with E-state index in [0.717, 1.165) is 25.0 Å². The summed E-state index contributed by atoms with van der Waals surface area (Å²) in [4.78, 5) is 14.1. The SMILES string of the molecule is CCC1(CO)CCN(C(=O)Nc2ccc(C(C)(C)C)nn2)CC1. The molecule has 2 rings (SSSR count). The zero-order chi connectivity index (χ0) is 17.1. The van der Waals surface area contributed by atoms with Crippen LogP contribution in [-0.2, 0) is 5.41 Å². The Kier molecular flexibility index (Phi) is 5.24. The number of aromatic nitrogens is 2. The minimum absolute atomic E-state index is 0.0229. The first-order valence-electron chi connectivity index (χ1n) is 8.31. The van der Waals surface area contributed by atoms with Crippen molar-refractivity contribution < 1.29 is 9.90 Å². The van der Waals surface area contributed by atoms with Crippen molar-refractivity contribution in [1.29, 1.82) is 0 Å². The van der Waals surface area contributed by atoms with Crippen LogP contribution in [0.1, 0.15) is 52.7 Å². The quantitative estimate of drug-likeness (QED) is 0.897. The zero-order valence-corrected chi connectivity index (χ0v) is 14.6.